The molecule has 0 aliphatic carbocycles. The van der Waals surface area contributed by atoms with Crippen molar-refractivity contribution in [2.75, 3.05) is 4.90 Å². The van der Waals surface area contributed by atoms with Gasteiger partial charge >= 0.3 is 0 Å². The molecule has 2 heteroatoms. The maximum absolute atomic E-state index is 9.70. The normalized spacial score (nSPS) is 13.8. The molecule has 1 heterocycles. The molecule has 1 aliphatic heterocycles. The third-order valence-electron chi connectivity index (χ3n) is 6.12. The minimum Gasteiger partial charge on any atom is -0.309 e. The Morgan fingerprint density at radius 2 is 1.07 bits per heavy atom. The maximum Gasteiger partial charge on any atom is 0.0998 e. The van der Waals surface area contributed by atoms with Crippen LogP contribution in [0, 0.1) is 11.3 Å². The molecular formula is C28H22N2. The van der Waals surface area contributed by atoms with E-state index in [9.17, 15) is 5.26 Å². The molecular weight excluding hydrogens is 364 g/mol. The van der Waals surface area contributed by atoms with Gasteiger partial charge in [-0.1, -0.05) is 86.6 Å². The summed E-state index contributed by atoms with van der Waals surface area (Å²) in [7, 11) is 0. The molecule has 0 N–H and O–H groups in total. The van der Waals surface area contributed by atoms with E-state index in [4.69, 9.17) is 0 Å². The first-order valence-corrected chi connectivity index (χ1v) is 10.2. The Morgan fingerprint density at radius 1 is 0.600 bits per heavy atom. The van der Waals surface area contributed by atoms with Crippen LogP contribution in [0.25, 0.3) is 11.1 Å². The summed E-state index contributed by atoms with van der Waals surface area (Å²) < 4.78 is 0. The summed E-state index contributed by atoms with van der Waals surface area (Å²) in [5.74, 6) is 0. The molecule has 1 aliphatic rings. The van der Waals surface area contributed by atoms with Crippen LogP contribution in [0.4, 0.5) is 17.1 Å². The molecule has 0 spiro atoms. The number of nitriles is 1. The number of fused-ring (bicyclic) bond motifs is 2. The summed E-state index contributed by atoms with van der Waals surface area (Å²) in [5.41, 5.74) is 8.64. The molecule has 30 heavy (non-hydrogen) atoms. The van der Waals surface area contributed by atoms with Crippen LogP contribution in [0.2, 0.25) is 0 Å². The zero-order valence-electron chi connectivity index (χ0n) is 17.1. The topological polar surface area (TPSA) is 27.0 Å². The van der Waals surface area contributed by atoms with E-state index in [0.29, 0.717) is 5.56 Å². The molecule has 0 fully saturated rings. The number of para-hydroxylation sites is 3. The number of benzene rings is 4. The van der Waals surface area contributed by atoms with E-state index in [2.05, 4.69) is 91.5 Å². The summed E-state index contributed by atoms with van der Waals surface area (Å²) in [4.78, 5) is 2.35. The highest BCUT2D eigenvalue weighted by Gasteiger charge is 2.37. The van der Waals surface area contributed by atoms with E-state index in [1.165, 1.54) is 22.5 Å². The minimum absolute atomic E-state index is 0.0941. The zero-order valence-corrected chi connectivity index (χ0v) is 17.1. The van der Waals surface area contributed by atoms with Crippen molar-refractivity contribution in [3.05, 3.63) is 114 Å². The lowest BCUT2D eigenvalue weighted by molar-refractivity contribution is 0.632. The van der Waals surface area contributed by atoms with E-state index < -0.39 is 0 Å². The lowest BCUT2D eigenvalue weighted by atomic mass is 9.73. The molecule has 0 radical (unpaired) electrons. The van der Waals surface area contributed by atoms with Gasteiger partial charge in [-0.25, -0.2) is 0 Å². The fraction of sp³-hybridized carbons (Fsp3) is 0.107. The van der Waals surface area contributed by atoms with Crippen molar-refractivity contribution >= 4 is 17.1 Å². The Hall–Kier alpha value is -3.83. The molecule has 0 amide bonds. The van der Waals surface area contributed by atoms with Gasteiger partial charge in [-0.15, -0.1) is 0 Å². The standard InChI is InChI=1S/C28H22N2/c1-28(2)23-14-6-9-17-26(23)30(27-18-10-7-15-24(27)28)25-16-8-5-13-22(25)21-12-4-3-11-20(21)19-29/h3-18H,1-2H3. The van der Waals surface area contributed by atoms with Gasteiger partial charge in [0, 0.05) is 16.5 Å². The van der Waals surface area contributed by atoms with Gasteiger partial charge < -0.3 is 4.90 Å². The van der Waals surface area contributed by atoms with Crippen LogP contribution in [0.1, 0.15) is 30.5 Å². The molecule has 0 saturated heterocycles. The number of anilines is 3. The van der Waals surface area contributed by atoms with Gasteiger partial charge in [0.15, 0.2) is 0 Å². The third-order valence-corrected chi connectivity index (χ3v) is 6.12. The fourth-order valence-electron chi connectivity index (χ4n) is 4.64. The van der Waals surface area contributed by atoms with E-state index in [1.54, 1.807) is 0 Å². The minimum atomic E-state index is -0.0941. The summed E-state index contributed by atoms with van der Waals surface area (Å²) in [5, 5.41) is 9.70. The second-order valence-electron chi connectivity index (χ2n) is 8.17. The Morgan fingerprint density at radius 3 is 1.67 bits per heavy atom. The predicted molar refractivity (Wildman–Crippen MR) is 123 cm³/mol. The van der Waals surface area contributed by atoms with Crippen molar-refractivity contribution in [1.82, 2.24) is 0 Å². The van der Waals surface area contributed by atoms with Gasteiger partial charge in [-0.3, -0.25) is 0 Å². The molecule has 0 unspecified atom stereocenters. The number of hydrogen-bond acceptors (Lipinski definition) is 2. The lowest BCUT2D eigenvalue weighted by Gasteiger charge is -2.42. The van der Waals surface area contributed by atoms with Gasteiger partial charge in [-0.2, -0.15) is 5.26 Å². The number of rotatable bonds is 2. The Kier molecular flexibility index (Phi) is 4.19. The first-order chi connectivity index (χ1) is 14.6. The van der Waals surface area contributed by atoms with Crippen LogP contribution in [0.5, 0.6) is 0 Å². The smallest absolute Gasteiger partial charge is 0.0998 e. The number of hydrogen-bond donors (Lipinski definition) is 0. The second kappa shape index (κ2) is 6.90. The zero-order chi connectivity index (χ0) is 20.7. The number of nitrogens with zero attached hydrogens (tertiary/aromatic N) is 2. The Labute approximate surface area is 177 Å². The van der Waals surface area contributed by atoms with Crippen LogP contribution in [0.15, 0.2) is 97.1 Å². The van der Waals surface area contributed by atoms with Gasteiger partial charge in [0.05, 0.1) is 28.7 Å². The summed E-state index contributed by atoms with van der Waals surface area (Å²) in [6.07, 6.45) is 0. The first-order valence-electron chi connectivity index (χ1n) is 10.2. The summed E-state index contributed by atoms with van der Waals surface area (Å²) >= 11 is 0. The third kappa shape index (κ3) is 2.64. The second-order valence-corrected chi connectivity index (χ2v) is 8.17. The van der Waals surface area contributed by atoms with Crippen molar-refractivity contribution in [1.29, 1.82) is 5.26 Å². The first kappa shape index (κ1) is 18.2. The van der Waals surface area contributed by atoms with Gasteiger partial charge in [0.2, 0.25) is 0 Å². The highest BCUT2D eigenvalue weighted by molar-refractivity contribution is 5.93. The molecule has 0 bridgehead atoms. The quantitative estimate of drug-likeness (QED) is 0.360. The average molecular weight is 386 g/mol. The SMILES string of the molecule is CC1(C)c2ccccc2N(c2ccccc2-c2ccccc2C#N)c2ccccc21. The van der Waals surface area contributed by atoms with Gasteiger partial charge in [0.25, 0.3) is 0 Å². The van der Waals surface area contributed by atoms with E-state index >= 15 is 0 Å². The highest BCUT2D eigenvalue weighted by Crippen LogP contribution is 2.53. The Balaban J connectivity index is 1.83. The van der Waals surface area contributed by atoms with Crippen molar-refractivity contribution in [2.24, 2.45) is 0 Å². The van der Waals surface area contributed by atoms with Crippen molar-refractivity contribution in [3.63, 3.8) is 0 Å². The predicted octanol–water partition coefficient (Wildman–Crippen LogP) is 7.33. The van der Waals surface area contributed by atoms with E-state index in [1.807, 2.05) is 30.3 Å². The van der Waals surface area contributed by atoms with Crippen LogP contribution in [0.3, 0.4) is 0 Å². The molecule has 0 atom stereocenters. The van der Waals surface area contributed by atoms with Crippen LogP contribution >= 0.6 is 0 Å². The average Bonchev–Trinajstić information content (AvgIpc) is 2.80. The molecule has 4 aromatic carbocycles. The molecule has 0 saturated carbocycles. The van der Waals surface area contributed by atoms with Crippen molar-refractivity contribution in [3.8, 4) is 17.2 Å². The fourth-order valence-corrected chi connectivity index (χ4v) is 4.64. The van der Waals surface area contributed by atoms with Crippen LogP contribution in [-0.2, 0) is 5.41 Å². The van der Waals surface area contributed by atoms with Crippen LogP contribution in [-0.4, -0.2) is 0 Å². The molecule has 144 valence electrons. The van der Waals surface area contributed by atoms with Crippen molar-refractivity contribution in [2.45, 2.75) is 19.3 Å². The molecule has 2 nitrogen and oxygen atoms in total. The molecule has 4 aromatic rings. The van der Waals surface area contributed by atoms with Gasteiger partial charge in [0.1, 0.15) is 0 Å². The summed E-state index contributed by atoms with van der Waals surface area (Å²) in [6, 6.07) is 35.8. The lowest BCUT2D eigenvalue weighted by Crippen LogP contribution is -2.30. The highest BCUT2D eigenvalue weighted by atomic mass is 15.2. The van der Waals surface area contributed by atoms with E-state index in [-0.39, 0.29) is 5.41 Å². The van der Waals surface area contributed by atoms with Gasteiger partial charge in [-0.05, 0) is 35.4 Å². The van der Waals surface area contributed by atoms with Crippen LogP contribution < -0.4 is 4.90 Å². The summed E-state index contributed by atoms with van der Waals surface area (Å²) in [6.45, 7) is 4.58. The molecule has 0 aromatic heterocycles. The molecule has 5 rings (SSSR count). The van der Waals surface area contributed by atoms with E-state index in [0.717, 1.165) is 16.8 Å². The van der Waals surface area contributed by atoms with Crippen molar-refractivity contribution < 1.29 is 0 Å². The largest absolute Gasteiger partial charge is 0.309 e. The Bertz CT molecular complexity index is 1240. The maximum atomic E-state index is 9.70. The monoisotopic (exact) mass is 386 g/mol.